The molecule has 0 spiro atoms. The van der Waals surface area contributed by atoms with Crippen LogP contribution in [0.4, 0.5) is 24.5 Å². The van der Waals surface area contributed by atoms with Crippen molar-refractivity contribution in [1.82, 2.24) is 4.98 Å². The zero-order chi connectivity index (χ0) is 15.3. The van der Waals surface area contributed by atoms with Gasteiger partial charge in [0.2, 0.25) is 0 Å². The molecule has 20 heavy (non-hydrogen) atoms. The highest BCUT2D eigenvalue weighted by Crippen LogP contribution is 2.32. The number of alkyl halides is 3. The number of hydrogen-bond donors (Lipinski definition) is 1. The predicted molar refractivity (Wildman–Crippen MR) is 71.9 cm³/mol. The Morgan fingerprint density at radius 1 is 1.55 bits per heavy atom. The molecular weight excluding hydrogens is 295 g/mol. The average molecular weight is 309 g/mol. The Bertz CT molecular complexity index is 482. The fraction of sp³-hybridized carbons (Fsp3) is 0.545. The van der Waals surface area contributed by atoms with Gasteiger partial charge in [-0.15, -0.1) is 0 Å². The van der Waals surface area contributed by atoms with Crippen LogP contribution in [-0.2, 0) is 6.18 Å². The minimum atomic E-state index is -4.63. The van der Waals surface area contributed by atoms with Gasteiger partial charge in [-0.3, -0.25) is 10.1 Å². The first-order valence-corrected chi connectivity index (χ1v) is 7.09. The number of nitro groups is 1. The van der Waals surface area contributed by atoms with Crippen LogP contribution in [0.25, 0.3) is 0 Å². The summed E-state index contributed by atoms with van der Waals surface area (Å²) in [6.07, 6.45) is -2.09. The second-order valence-electron chi connectivity index (χ2n) is 4.28. The Morgan fingerprint density at radius 2 is 2.20 bits per heavy atom. The fourth-order valence-corrected chi connectivity index (χ4v) is 2.20. The zero-order valence-corrected chi connectivity index (χ0v) is 11.7. The van der Waals surface area contributed by atoms with Crippen molar-refractivity contribution in [2.45, 2.75) is 13.1 Å². The Kier molecular flexibility index (Phi) is 5.61. The van der Waals surface area contributed by atoms with Crippen molar-refractivity contribution in [3.8, 4) is 0 Å². The number of nitrogens with zero attached hydrogens (tertiary/aromatic N) is 2. The molecule has 0 aliphatic heterocycles. The van der Waals surface area contributed by atoms with Gasteiger partial charge in [-0.2, -0.15) is 24.9 Å². The van der Waals surface area contributed by atoms with Crippen LogP contribution < -0.4 is 5.32 Å². The number of anilines is 1. The number of thioether (sulfide) groups is 1. The predicted octanol–water partition coefficient (Wildman–Crippen LogP) is 3.42. The van der Waals surface area contributed by atoms with Gasteiger partial charge in [0.15, 0.2) is 0 Å². The fourth-order valence-electron chi connectivity index (χ4n) is 1.52. The highest BCUT2D eigenvalue weighted by Gasteiger charge is 2.34. The molecule has 0 aliphatic rings. The van der Waals surface area contributed by atoms with Crippen LogP contribution in [0.1, 0.15) is 12.6 Å². The molecule has 0 saturated heterocycles. The van der Waals surface area contributed by atoms with Crippen molar-refractivity contribution in [3.63, 3.8) is 0 Å². The van der Waals surface area contributed by atoms with Crippen LogP contribution in [0.2, 0.25) is 0 Å². The van der Waals surface area contributed by atoms with E-state index in [0.29, 0.717) is 18.8 Å². The molecule has 1 unspecified atom stereocenters. The summed E-state index contributed by atoms with van der Waals surface area (Å²) in [4.78, 5) is 13.1. The van der Waals surface area contributed by atoms with Gasteiger partial charge in [-0.05, 0) is 24.0 Å². The summed E-state index contributed by atoms with van der Waals surface area (Å²) in [5.74, 6) is 0.977. The summed E-state index contributed by atoms with van der Waals surface area (Å²) in [7, 11) is 0. The first kappa shape index (κ1) is 16.5. The molecule has 9 heteroatoms. The molecule has 0 bridgehead atoms. The second kappa shape index (κ2) is 6.78. The van der Waals surface area contributed by atoms with E-state index in [0.717, 1.165) is 5.75 Å². The summed E-state index contributed by atoms with van der Waals surface area (Å²) in [6.45, 7) is 2.25. The van der Waals surface area contributed by atoms with E-state index >= 15 is 0 Å². The van der Waals surface area contributed by atoms with Crippen molar-refractivity contribution < 1.29 is 18.1 Å². The van der Waals surface area contributed by atoms with E-state index in [9.17, 15) is 23.3 Å². The van der Waals surface area contributed by atoms with Gasteiger partial charge in [-0.25, -0.2) is 4.98 Å². The van der Waals surface area contributed by atoms with Crippen LogP contribution in [0, 0.1) is 16.0 Å². The number of halogens is 3. The van der Waals surface area contributed by atoms with E-state index in [2.05, 4.69) is 10.3 Å². The van der Waals surface area contributed by atoms with Crippen LogP contribution >= 0.6 is 11.8 Å². The molecule has 0 amide bonds. The summed E-state index contributed by atoms with van der Waals surface area (Å²) in [5.41, 5.74) is -1.78. The first-order chi connectivity index (χ1) is 9.25. The van der Waals surface area contributed by atoms with Gasteiger partial charge >= 0.3 is 11.9 Å². The Morgan fingerprint density at radius 3 is 2.70 bits per heavy atom. The van der Waals surface area contributed by atoms with Gasteiger partial charge in [0.05, 0.1) is 4.92 Å². The van der Waals surface area contributed by atoms with Gasteiger partial charge in [-0.1, -0.05) is 6.92 Å². The number of hydrogen-bond acceptors (Lipinski definition) is 5. The number of nitrogens with one attached hydrogen (secondary N) is 1. The third-order valence-corrected chi connectivity index (χ3v) is 3.36. The van der Waals surface area contributed by atoms with E-state index in [4.69, 9.17) is 0 Å². The maximum absolute atomic E-state index is 12.6. The van der Waals surface area contributed by atoms with E-state index < -0.39 is 22.5 Å². The SMILES string of the molecule is CSCC(C)CNc1cc(C(F)(F)F)ncc1[N+](=O)[O-]. The summed E-state index contributed by atoms with van der Waals surface area (Å²) in [6, 6.07) is 0.671. The van der Waals surface area contributed by atoms with Crippen LogP contribution in [0.15, 0.2) is 12.3 Å². The Balaban J connectivity index is 2.98. The zero-order valence-electron chi connectivity index (χ0n) is 10.9. The van der Waals surface area contributed by atoms with E-state index in [-0.39, 0.29) is 11.6 Å². The van der Waals surface area contributed by atoms with E-state index in [1.165, 1.54) is 0 Å². The summed E-state index contributed by atoms with van der Waals surface area (Å²) in [5, 5.41) is 13.5. The number of aromatic nitrogens is 1. The molecule has 0 aliphatic carbocycles. The van der Waals surface area contributed by atoms with Crippen molar-refractivity contribution in [2.24, 2.45) is 5.92 Å². The van der Waals surface area contributed by atoms with Crippen molar-refractivity contribution in [2.75, 3.05) is 23.9 Å². The molecule has 1 aromatic rings. The van der Waals surface area contributed by atoms with Gasteiger partial charge in [0.25, 0.3) is 0 Å². The minimum Gasteiger partial charge on any atom is -0.379 e. The molecule has 0 fully saturated rings. The molecule has 5 nitrogen and oxygen atoms in total. The highest BCUT2D eigenvalue weighted by molar-refractivity contribution is 7.98. The van der Waals surface area contributed by atoms with E-state index in [1.807, 2.05) is 13.2 Å². The maximum Gasteiger partial charge on any atom is 0.433 e. The lowest BCUT2D eigenvalue weighted by atomic mass is 10.2. The summed E-state index contributed by atoms with van der Waals surface area (Å²) >= 11 is 1.60. The van der Waals surface area contributed by atoms with Crippen LogP contribution in [-0.4, -0.2) is 28.5 Å². The number of pyridine rings is 1. The monoisotopic (exact) mass is 309 g/mol. The lowest BCUT2D eigenvalue weighted by Crippen LogP contribution is -2.16. The molecule has 0 radical (unpaired) electrons. The van der Waals surface area contributed by atoms with Crippen molar-refractivity contribution in [1.29, 1.82) is 0 Å². The van der Waals surface area contributed by atoms with Crippen LogP contribution in [0.3, 0.4) is 0 Å². The maximum atomic E-state index is 12.6. The molecule has 0 aromatic carbocycles. The standard InChI is InChI=1S/C11H14F3N3O2S/c1-7(6-20-2)4-15-8-3-10(11(12,13)14)16-5-9(8)17(18)19/h3,5,7H,4,6H2,1-2H3,(H,15,16). The van der Waals surface area contributed by atoms with Crippen molar-refractivity contribution in [3.05, 3.63) is 28.1 Å². The quantitative estimate of drug-likeness (QED) is 0.644. The molecule has 1 heterocycles. The third kappa shape index (κ3) is 4.55. The average Bonchev–Trinajstić information content (AvgIpc) is 2.35. The normalized spacial score (nSPS) is 13.1. The molecule has 1 rings (SSSR count). The lowest BCUT2D eigenvalue weighted by Gasteiger charge is -2.13. The topological polar surface area (TPSA) is 68.1 Å². The van der Waals surface area contributed by atoms with Crippen molar-refractivity contribution >= 4 is 23.1 Å². The van der Waals surface area contributed by atoms with Gasteiger partial charge in [0, 0.05) is 6.54 Å². The molecule has 0 saturated carbocycles. The number of rotatable bonds is 6. The Labute approximate surface area is 118 Å². The molecule has 1 aromatic heterocycles. The molecular formula is C11H14F3N3O2S. The largest absolute Gasteiger partial charge is 0.433 e. The third-order valence-electron chi connectivity index (χ3n) is 2.46. The second-order valence-corrected chi connectivity index (χ2v) is 5.19. The highest BCUT2D eigenvalue weighted by atomic mass is 32.2. The van der Waals surface area contributed by atoms with Gasteiger partial charge in [0.1, 0.15) is 17.6 Å². The Hall–Kier alpha value is -1.51. The van der Waals surface area contributed by atoms with Gasteiger partial charge < -0.3 is 5.32 Å². The molecule has 112 valence electrons. The minimum absolute atomic E-state index is 0.162. The smallest absolute Gasteiger partial charge is 0.379 e. The lowest BCUT2D eigenvalue weighted by molar-refractivity contribution is -0.384. The van der Waals surface area contributed by atoms with E-state index in [1.54, 1.807) is 11.8 Å². The molecule has 1 N–H and O–H groups in total. The first-order valence-electron chi connectivity index (χ1n) is 5.70. The molecule has 1 atom stereocenters. The summed E-state index contributed by atoms with van der Waals surface area (Å²) < 4.78 is 37.7. The van der Waals surface area contributed by atoms with Crippen LogP contribution in [0.5, 0.6) is 0 Å².